The van der Waals surface area contributed by atoms with E-state index < -0.39 is 0 Å². The maximum absolute atomic E-state index is 6.11. The molecule has 2 aromatic heterocycles. The summed E-state index contributed by atoms with van der Waals surface area (Å²) < 4.78 is 5.51. The van der Waals surface area contributed by atoms with E-state index in [1.807, 2.05) is 66.7 Å². The first-order valence-electron chi connectivity index (χ1n) is 9.69. The lowest BCUT2D eigenvalue weighted by molar-refractivity contribution is 0.416. The number of aromatic nitrogens is 3. The number of methoxy groups -OCH3 is 1. The van der Waals surface area contributed by atoms with Gasteiger partial charge in [0.15, 0.2) is 0 Å². The van der Waals surface area contributed by atoms with Gasteiger partial charge in [-0.3, -0.25) is 4.98 Å². The Bertz CT molecular complexity index is 1060. The molecule has 0 aliphatic heterocycles. The van der Waals surface area contributed by atoms with Crippen LogP contribution in [-0.4, -0.2) is 22.1 Å². The number of benzene rings is 2. The molecule has 0 aliphatic rings. The van der Waals surface area contributed by atoms with E-state index in [2.05, 4.69) is 32.0 Å². The molecule has 2 heterocycles. The Labute approximate surface area is 176 Å². The van der Waals surface area contributed by atoms with Crippen LogP contribution < -0.4 is 15.4 Å². The number of nitrogens with two attached hydrogens (primary N) is 1. The first kappa shape index (κ1) is 19.4. The molecule has 0 unspecified atom stereocenters. The molecule has 4 aromatic rings. The summed E-state index contributed by atoms with van der Waals surface area (Å²) in [6, 6.07) is 25.8. The minimum atomic E-state index is 0.215. The van der Waals surface area contributed by atoms with Gasteiger partial charge in [0.2, 0.25) is 5.95 Å². The molecular formula is C24H23N5O. The van der Waals surface area contributed by atoms with Crippen LogP contribution >= 0.6 is 0 Å². The molecule has 0 radical (unpaired) electrons. The molecule has 30 heavy (non-hydrogen) atoms. The van der Waals surface area contributed by atoms with Gasteiger partial charge in [-0.05, 0) is 29.8 Å². The maximum atomic E-state index is 6.11. The monoisotopic (exact) mass is 397 g/mol. The van der Waals surface area contributed by atoms with Gasteiger partial charge in [-0.1, -0.05) is 48.5 Å². The fourth-order valence-corrected chi connectivity index (χ4v) is 3.32. The van der Waals surface area contributed by atoms with E-state index in [1.54, 1.807) is 13.3 Å². The highest BCUT2D eigenvalue weighted by atomic mass is 16.5. The van der Waals surface area contributed by atoms with Crippen LogP contribution in [0.5, 0.6) is 5.75 Å². The summed E-state index contributed by atoms with van der Waals surface area (Å²) in [6.45, 7) is 1.26. The highest BCUT2D eigenvalue weighted by molar-refractivity contribution is 5.70. The van der Waals surface area contributed by atoms with Crippen molar-refractivity contribution in [3.8, 4) is 17.0 Å². The summed E-state index contributed by atoms with van der Waals surface area (Å²) >= 11 is 0. The maximum Gasteiger partial charge on any atom is 0.222 e. The molecule has 2 N–H and O–H groups in total. The van der Waals surface area contributed by atoms with Gasteiger partial charge in [0.25, 0.3) is 0 Å². The van der Waals surface area contributed by atoms with Gasteiger partial charge in [-0.15, -0.1) is 0 Å². The molecule has 4 rings (SSSR count). The van der Waals surface area contributed by atoms with Crippen LogP contribution in [0, 0.1) is 0 Å². The molecule has 0 spiro atoms. The average Bonchev–Trinajstić information content (AvgIpc) is 2.79. The molecule has 2 aromatic carbocycles. The third kappa shape index (κ3) is 4.55. The topological polar surface area (TPSA) is 77.2 Å². The first-order valence-corrected chi connectivity index (χ1v) is 9.69. The number of anilines is 2. The Morgan fingerprint density at radius 3 is 2.40 bits per heavy atom. The Morgan fingerprint density at radius 1 is 0.867 bits per heavy atom. The number of para-hydroxylation sites is 1. The van der Waals surface area contributed by atoms with Crippen molar-refractivity contribution in [3.05, 3.63) is 96.3 Å². The average molecular weight is 397 g/mol. The molecular weight excluding hydrogens is 374 g/mol. The van der Waals surface area contributed by atoms with Crippen molar-refractivity contribution in [1.82, 2.24) is 15.0 Å². The normalized spacial score (nSPS) is 10.6. The van der Waals surface area contributed by atoms with E-state index in [9.17, 15) is 0 Å². The second kappa shape index (κ2) is 9.05. The van der Waals surface area contributed by atoms with Gasteiger partial charge in [0, 0.05) is 24.4 Å². The Balaban J connectivity index is 1.75. The van der Waals surface area contributed by atoms with Crippen molar-refractivity contribution < 1.29 is 4.74 Å². The van der Waals surface area contributed by atoms with Gasteiger partial charge in [0.1, 0.15) is 11.6 Å². The molecule has 6 nitrogen and oxygen atoms in total. The van der Waals surface area contributed by atoms with E-state index in [4.69, 9.17) is 10.5 Å². The second-order valence-corrected chi connectivity index (χ2v) is 6.83. The minimum absolute atomic E-state index is 0.215. The zero-order valence-corrected chi connectivity index (χ0v) is 16.8. The molecule has 0 aliphatic carbocycles. The van der Waals surface area contributed by atoms with Gasteiger partial charge in [-0.2, -0.15) is 4.98 Å². The number of pyridine rings is 1. The van der Waals surface area contributed by atoms with Crippen LogP contribution in [0.25, 0.3) is 11.3 Å². The number of rotatable bonds is 7. The fourth-order valence-electron chi connectivity index (χ4n) is 3.32. The summed E-state index contributed by atoms with van der Waals surface area (Å²) in [5, 5.41) is 0. The van der Waals surface area contributed by atoms with Crippen molar-refractivity contribution in [2.45, 2.75) is 13.1 Å². The molecule has 150 valence electrons. The number of nitrogen functional groups attached to an aromatic ring is 1. The summed E-state index contributed by atoms with van der Waals surface area (Å²) in [6.07, 6.45) is 1.80. The SMILES string of the molecule is COc1ccccc1-c1cc(N(Cc2ccccc2)Cc2ccccn2)nc(N)n1. The lowest BCUT2D eigenvalue weighted by atomic mass is 10.1. The van der Waals surface area contributed by atoms with E-state index in [1.165, 1.54) is 5.56 Å². The van der Waals surface area contributed by atoms with Crippen LogP contribution in [-0.2, 0) is 13.1 Å². The molecule has 0 saturated heterocycles. The van der Waals surface area contributed by atoms with Crippen molar-refractivity contribution in [2.75, 3.05) is 17.7 Å². The van der Waals surface area contributed by atoms with E-state index in [0.29, 0.717) is 18.8 Å². The smallest absolute Gasteiger partial charge is 0.222 e. The minimum Gasteiger partial charge on any atom is -0.496 e. The standard InChI is InChI=1S/C24H23N5O/c1-30-22-13-6-5-12-20(22)21-15-23(28-24(25)27-21)29(16-18-9-3-2-4-10-18)17-19-11-7-8-14-26-19/h2-15H,16-17H2,1H3,(H2,25,27,28). The molecule has 0 atom stereocenters. The van der Waals surface area contributed by atoms with E-state index in [0.717, 1.165) is 22.8 Å². The zero-order valence-electron chi connectivity index (χ0n) is 16.8. The van der Waals surface area contributed by atoms with Crippen LogP contribution in [0.15, 0.2) is 85.1 Å². The summed E-state index contributed by atoms with van der Waals surface area (Å²) in [5.74, 6) is 1.69. The summed E-state index contributed by atoms with van der Waals surface area (Å²) in [7, 11) is 1.65. The highest BCUT2D eigenvalue weighted by Gasteiger charge is 2.15. The molecule has 0 bridgehead atoms. The Hall–Kier alpha value is -3.93. The van der Waals surface area contributed by atoms with E-state index >= 15 is 0 Å². The third-order valence-corrected chi connectivity index (χ3v) is 4.73. The molecule has 0 fully saturated rings. The number of hydrogen-bond acceptors (Lipinski definition) is 6. The lowest BCUT2D eigenvalue weighted by Crippen LogP contribution is -2.24. The molecule has 0 saturated carbocycles. The van der Waals surface area contributed by atoms with Crippen molar-refractivity contribution in [1.29, 1.82) is 0 Å². The quantitative estimate of drug-likeness (QED) is 0.500. The fraction of sp³-hybridized carbons (Fsp3) is 0.125. The molecule has 0 amide bonds. The third-order valence-electron chi connectivity index (χ3n) is 4.73. The lowest BCUT2D eigenvalue weighted by Gasteiger charge is -2.24. The van der Waals surface area contributed by atoms with Gasteiger partial charge >= 0.3 is 0 Å². The number of ether oxygens (including phenoxy) is 1. The Morgan fingerprint density at radius 2 is 1.63 bits per heavy atom. The van der Waals surface area contributed by atoms with Gasteiger partial charge < -0.3 is 15.4 Å². The van der Waals surface area contributed by atoms with Crippen LogP contribution in [0.2, 0.25) is 0 Å². The number of hydrogen-bond donors (Lipinski definition) is 1. The van der Waals surface area contributed by atoms with Crippen molar-refractivity contribution in [2.24, 2.45) is 0 Å². The van der Waals surface area contributed by atoms with E-state index in [-0.39, 0.29) is 5.95 Å². The largest absolute Gasteiger partial charge is 0.496 e. The Kier molecular flexibility index (Phi) is 5.85. The summed E-state index contributed by atoms with van der Waals surface area (Å²) in [4.78, 5) is 15.6. The van der Waals surface area contributed by atoms with Crippen LogP contribution in [0.3, 0.4) is 0 Å². The predicted molar refractivity (Wildman–Crippen MR) is 119 cm³/mol. The second-order valence-electron chi connectivity index (χ2n) is 6.83. The summed E-state index contributed by atoms with van der Waals surface area (Å²) in [5.41, 5.74) is 9.81. The number of nitrogens with zero attached hydrogens (tertiary/aromatic N) is 4. The highest BCUT2D eigenvalue weighted by Crippen LogP contribution is 2.31. The van der Waals surface area contributed by atoms with Crippen LogP contribution in [0.4, 0.5) is 11.8 Å². The molecule has 6 heteroatoms. The van der Waals surface area contributed by atoms with Crippen molar-refractivity contribution in [3.63, 3.8) is 0 Å². The van der Waals surface area contributed by atoms with Gasteiger partial charge in [0.05, 0.1) is 25.0 Å². The van der Waals surface area contributed by atoms with Crippen LogP contribution in [0.1, 0.15) is 11.3 Å². The van der Waals surface area contributed by atoms with Crippen molar-refractivity contribution >= 4 is 11.8 Å². The predicted octanol–water partition coefficient (Wildman–Crippen LogP) is 4.34. The van der Waals surface area contributed by atoms with Gasteiger partial charge in [-0.25, -0.2) is 4.98 Å². The first-order chi connectivity index (χ1) is 14.7. The zero-order chi connectivity index (χ0) is 20.8.